The van der Waals surface area contributed by atoms with E-state index in [1.54, 1.807) is 66.7 Å². The maximum Gasteiger partial charge on any atom is 0.339 e. The molecule has 3 aromatic carbocycles. The molecule has 1 aromatic heterocycles. The van der Waals surface area contributed by atoms with Crippen LogP contribution in [0.15, 0.2) is 126 Å². The summed E-state index contributed by atoms with van der Waals surface area (Å²) in [6, 6.07) is 25.3. The lowest BCUT2D eigenvalue weighted by Crippen LogP contribution is -2.52. The lowest BCUT2D eigenvalue weighted by molar-refractivity contribution is -0.0946. The highest BCUT2D eigenvalue weighted by Gasteiger charge is 2.62. The predicted molar refractivity (Wildman–Crippen MR) is 152 cm³/mol. The summed E-state index contributed by atoms with van der Waals surface area (Å²) in [4.78, 5) is 66.5. The molecule has 218 valence electrons. The first-order valence-electron chi connectivity index (χ1n) is 13.2. The first-order chi connectivity index (χ1) is 20.8. The normalized spacial score (nSPS) is 21.0. The van der Waals surface area contributed by atoms with Crippen LogP contribution in [0.1, 0.15) is 37.3 Å². The van der Waals surface area contributed by atoms with Gasteiger partial charge in [-0.3, -0.25) is 14.3 Å². The molecule has 1 aliphatic heterocycles. The van der Waals surface area contributed by atoms with Crippen molar-refractivity contribution in [2.24, 2.45) is 0 Å². The van der Waals surface area contributed by atoms with Crippen molar-refractivity contribution in [3.63, 3.8) is 0 Å². The highest BCUT2D eigenvalue weighted by atomic mass is 16.7. The van der Waals surface area contributed by atoms with Crippen LogP contribution >= 0.6 is 0 Å². The van der Waals surface area contributed by atoms with Gasteiger partial charge in [0.05, 0.1) is 16.7 Å². The summed E-state index contributed by atoms with van der Waals surface area (Å²) in [6.45, 7) is 3.38. The predicted octanol–water partition coefficient (Wildman–Crippen LogP) is 3.30. The molecule has 1 fully saturated rings. The van der Waals surface area contributed by atoms with E-state index in [1.807, 2.05) is 0 Å². The SMILES string of the molecule is C=C[C@]1(OC(=O)c2ccccc2)C(n2ccc(=O)[nH]c2=O)O[C@H](COC(=O)c2ccccc2)[C@H]1OC(=O)c1ccccc1. The Balaban J connectivity index is 1.58. The second-order valence-electron chi connectivity index (χ2n) is 9.51. The van der Waals surface area contributed by atoms with Crippen LogP contribution in [0.3, 0.4) is 0 Å². The minimum absolute atomic E-state index is 0.156. The van der Waals surface area contributed by atoms with Crippen LogP contribution in [-0.2, 0) is 18.9 Å². The molecule has 2 heterocycles. The number of aromatic amines is 1. The fourth-order valence-electron chi connectivity index (χ4n) is 4.70. The highest BCUT2D eigenvalue weighted by molar-refractivity contribution is 5.91. The Morgan fingerprint density at radius 2 is 1.35 bits per heavy atom. The monoisotopic (exact) mass is 582 g/mol. The quantitative estimate of drug-likeness (QED) is 0.179. The molecular weight excluding hydrogens is 556 g/mol. The van der Waals surface area contributed by atoms with E-state index < -0.39 is 59.8 Å². The van der Waals surface area contributed by atoms with Gasteiger partial charge in [-0.05, 0) is 42.5 Å². The molecule has 11 heteroatoms. The maximum atomic E-state index is 13.4. The number of nitrogens with zero attached hydrogens (tertiary/aromatic N) is 1. The minimum Gasteiger partial charge on any atom is -0.459 e. The van der Waals surface area contributed by atoms with E-state index in [2.05, 4.69) is 11.6 Å². The average Bonchev–Trinajstić information content (AvgIpc) is 3.33. The van der Waals surface area contributed by atoms with Crippen molar-refractivity contribution in [1.29, 1.82) is 0 Å². The van der Waals surface area contributed by atoms with E-state index in [-0.39, 0.29) is 16.7 Å². The third kappa shape index (κ3) is 6.07. The van der Waals surface area contributed by atoms with E-state index in [9.17, 15) is 24.0 Å². The Morgan fingerprint density at radius 3 is 1.88 bits per heavy atom. The molecule has 0 bridgehead atoms. The summed E-state index contributed by atoms with van der Waals surface area (Å²) in [6.07, 6.45) is -1.90. The Kier molecular flexibility index (Phi) is 8.44. The van der Waals surface area contributed by atoms with Gasteiger partial charge < -0.3 is 18.9 Å². The number of nitrogens with one attached hydrogen (secondary N) is 1. The number of carbonyl (C=O) groups is 3. The van der Waals surface area contributed by atoms with Crippen molar-refractivity contribution in [1.82, 2.24) is 9.55 Å². The number of benzene rings is 3. The Hall–Kier alpha value is -5.55. The Labute approximate surface area is 244 Å². The molecular formula is C32H26N2O9. The average molecular weight is 583 g/mol. The van der Waals surface area contributed by atoms with Crippen LogP contribution in [0.25, 0.3) is 0 Å². The molecule has 11 nitrogen and oxygen atoms in total. The van der Waals surface area contributed by atoms with E-state index in [0.29, 0.717) is 0 Å². The molecule has 4 atom stereocenters. The van der Waals surface area contributed by atoms with Crippen molar-refractivity contribution < 1.29 is 33.3 Å². The van der Waals surface area contributed by atoms with Gasteiger partial charge in [-0.2, -0.15) is 0 Å². The minimum atomic E-state index is -2.04. The van der Waals surface area contributed by atoms with E-state index >= 15 is 0 Å². The summed E-state index contributed by atoms with van der Waals surface area (Å²) in [7, 11) is 0. The second kappa shape index (κ2) is 12.5. The fourth-order valence-corrected chi connectivity index (χ4v) is 4.70. The van der Waals surface area contributed by atoms with Gasteiger partial charge >= 0.3 is 23.6 Å². The van der Waals surface area contributed by atoms with Crippen LogP contribution in [-0.4, -0.2) is 51.9 Å². The Morgan fingerprint density at radius 1 is 0.814 bits per heavy atom. The van der Waals surface area contributed by atoms with Crippen LogP contribution in [0.2, 0.25) is 0 Å². The molecule has 0 aliphatic carbocycles. The summed E-state index contributed by atoms with van der Waals surface area (Å²) in [5, 5.41) is 0. The third-order valence-corrected chi connectivity index (χ3v) is 6.81. The molecule has 1 N–H and O–H groups in total. The summed E-state index contributed by atoms with van der Waals surface area (Å²) in [5.41, 5.74) is -3.01. The smallest absolute Gasteiger partial charge is 0.339 e. The molecule has 0 spiro atoms. The molecule has 0 radical (unpaired) electrons. The van der Waals surface area contributed by atoms with Crippen molar-refractivity contribution in [3.8, 4) is 0 Å². The van der Waals surface area contributed by atoms with Crippen molar-refractivity contribution >= 4 is 17.9 Å². The fraction of sp³-hybridized carbons (Fsp3) is 0.156. The van der Waals surface area contributed by atoms with Crippen LogP contribution in [0.5, 0.6) is 0 Å². The van der Waals surface area contributed by atoms with E-state index in [0.717, 1.165) is 16.8 Å². The lowest BCUT2D eigenvalue weighted by Gasteiger charge is -2.35. The maximum absolute atomic E-state index is 13.4. The van der Waals surface area contributed by atoms with Crippen molar-refractivity contribution in [2.45, 2.75) is 24.0 Å². The zero-order chi connectivity index (χ0) is 30.4. The third-order valence-electron chi connectivity index (χ3n) is 6.81. The van der Waals surface area contributed by atoms with E-state index in [1.165, 1.54) is 30.3 Å². The zero-order valence-corrected chi connectivity index (χ0v) is 22.7. The lowest BCUT2D eigenvalue weighted by atomic mass is 9.92. The number of H-pyrrole nitrogens is 1. The molecule has 0 amide bonds. The van der Waals surface area contributed by atoms with Gasteiger partial charge in [-0.15, -0.1) is 0 Å². The molecule has 4 aromatic rings. The van der Waals surface area contributed by atoms with Gasteiger partial charge in [-0.1, -0.05) is 61.2 Å². The highest BCUT2D eigenvalue weighted by Crippen LogP contribution is 2.44. The van der Waals surface area contributed by atoms with Gasteiger partial charge in [0.25, 0.3) is 5.56 Å². The first kappa shape index (κ1) is 29.0. The summed E-state index contributed by atoms with van der Waals surface area (Å²) < 4.78 is 24.6. The van der Waals surface area contributed by atoms with Crippen molar-refractivity contribution in [2.75, 3.05) is 6.61 Å². The number of esters is 3. The second-order valence-corrected chi connectivity index (χ2v) is 9.51. The first-order valence-corrected chi connectivity index (χ1v) is 13.2. The molecule has 5 rings (SSSR count). The zero-order valence-electron chi connectivity index (χ0n) is 22.7. The van der Waals surface area contributed by atoms with Gasteiger partial charge in [0, 0.05) is 12.3 Å². The van der Waals surface area contributed by atoms with Crippen molar-refractivity contribution in [3.05, 3.63) is 153 Å². The molecule has 0 saturated carbocycles. The number of aromatic nitrogens is 2. The van der Waals surface area contributed by atoms with E-state index in [4.69, 9.17) is 18.9 Å². The molecule has 43 heavy (non-hydrogen) atoms. The van der Waals surface area contributed by atoms with Gasteiger partial charge in [-0.25, -0.2) is 19.2 Å². The summed E-state index contributed by atoms with van der Waals surface area (Å²) in [5.74, 6) is -2.33. The number of hydrogen-bond acceptors (Lipinski definition) is 9. The van der Waals surface area contributed by atoms with Gasteiger partial charge in [0.1, 0.15) is 12.7 Å². The standard InChI is InChI=1S/C32H26N2O9/c1-2-32(43-29(38)23-16-10-5-11-17-23)26(42-28(37)22-14-8-4-9-15-22)24(20-40-27(36)21-12-6-3-7-13-21)41-30(32)34-19-18-25(35)33-31(34)39/h2-19,24,26,30H,1,20H2,(H,33,35,39)/t24-,26-,30?,32-/m1/s1. The molecule has 1 aliphatic rings. The number of carbonyl (C=O) groups excluding carboxylic acids is 3. The number of hydrogen-bond donors (Lipinski definition) is 1. The molecule has 1 unspecified atom stereocenters. The van der Waals surface area contributed by atoms with Gasteiger partial charge in [0.15, 0.2) is 12.3 Å². The summed E-state index contributed by atoms with van der Waals surface area (Å²) >= 11 is 0. The number of ether oxygens (including phenoxy) is 4. The largest absolute Gasteiger partial charge is 0.459 e. The molecule has 1 saturated heterocycles. The van der Waals surface area contributed by atoms with Crippen LogP contribution in [0.4, 0.5) is 0 Å². The topological polar surface area (TPSA) is 143 Å². The van der Waals surface area contributed by atoms with Crippen LogP contribution in [0, 0.1) is 0 Å². The van der Waals surface area contributed by atoms with Gasteiger partial charge in [0.2, 0.25) is 5.60 Å². The van der Waals surface area contributed by atoms with Crippen LogP contribution < -0.4 is 11.2 Å². The Bertz CT molecular complexity index is 1740. The number of rotatable bonds is 9.